The van der Waals surface area contributed by atoms with E-state index < -0.39 is 0 Å². The lowest BCUT2D eigenvalue weighted by Gasteiger charge is -2.20. The molecule has 1 heterocycles. The molecule has 0 aliphatic carbocycles. The molecule has 0 atom stereocenters. The Kier molecular flexibility index (Phi) is 6.33. The van der Waals surface area contributed by atoms with Crippen molar-refractivity contribution >= 4 is 11.8 Å². The summed E-state index contributed by atoms with van der Waals surface area (Å²) in [6, 6.07) is 10.8. The molecule has 6 nitrogen and oxygen atoms in total. The summed E-state index contributed by atoms with van der Waals surface area (Å²) < 4.78 is 5.30. The smallest absolute Gasteiger partial charge is 0.270 e. The second kappa shape index (κ2) is 8.47. The largest absolute Gasteiger partial charge is 0.496 e. The van der Waals surface area contributed by atoms with E-state index in [9.17, 15) is 9.59 Å². The van der Waals surface area contributed by atoms with Crippen molar-refractivity contribution in [1.29, 1.82) is 0 Å². The summed E-state index contributed by atoms with van der Waals surface area (Å²) in [7, 11) is 1.62. The third-order valence-electron chi connectivity index (χ3n) is 3.62. The minimum Gasteiger partial charge on any atom is -0.496 e. The third kappa shape index (κ3) is 5.58. The first-order valence-electron chi connectivity index (χ1n) is 8.49. The Morgan fingerprint density at radius 3 is 2.54 bits per heavy atom. The van der Waals surface area contributed by atoms with Crippen molar-refractivity contribution in [2.24, 2.45) is 0 Å². The van der Waals surface area contributed by atoms with Gasteiger partial charge < -0.3 is 15.4 Å². The van der Waals surface area contributed by atoms with Crippen molar-refractivity contribution in [2.75, 3.05) is 13.7 Å². The second-order valence-electron chi connectivity index (χ2n) is 6.95. The van der Waals surface area contributed by atoms with Gasteiger partial charge in [0.05, 0.1) is 7.11 Å². The fourth-order valence-electron chi connectivity index (χ4n) is 2.42. The highest BCUT2D eigenvalue weighted by atomic mass is 16.5. The molecule has 2 aromatic rings. The molecule has 2 rings (SSSR count). The molecule has 6 heteroatoms. The van der Waals surface area contributed by atoms with Gasteiger partial charge in [0.15, 0.2) is 0 Å². The van der Waals surface area contributed by atoms with Gasteiger partial charge in [0.1, 0.15) is 11.4 Å². The standard InChI is InChI=1S/C20H25N3O3/c1-20(2,3)23-19(25)16-13-15(10-11-21-16)18(24)22-12-9-14-7-5-6-8-17(14)26-4/h5-8,10-11,13H,9,12H2,1-4H3,(H,22,24)(H,23,25). The summed E-state index contributed by atoms with van der Waals surface area (Å²) in [6.45, 7) is 6.13. The Labute approximate surface area is 154 Å². The Morgan fingerprint density at radius 1 is 1.12 bits per heavy atom. The van der Waals surface area contributed by atoms with Crippen LogP contribution in [0.3, 0.4) is 0 Å². The van der Waals surface area contributed by atoms with E-state index in [2.05, 4.69) is 15.6 Å². The van der Waals surface area contributed by atoms with Crippen LogP contribution in [0.5, 0.6) is 5.75 Å². The minimum atomic E-state index is -0.369. The highest BCUT2D eigenvalue weighted by Crippen LogP contribution is 2.17. The van der Waals surface area contributed by atoms with Gasteiger partial charge in [-0.05, 0) is 51.0 Å². The van der Waals surface area contributed by atoms with Crippen LogP contribution < -0.4 is 15.4 Å². The summed E-state index contributed by atoms with van der Waals surface area (Å²) in [5.41, 5.74) is 1.28. The number of para-hydroxylation sites is 1. The molecule has 0 aliphatic rings. The number of hydrogen-bond acceptors (Lipinski definition) is 4. The molecule has 0 saturated carbocycles. The van der Waals surface area contributed by atoms with Gasteiger partial charge in [-0.1, -0.05) is 18.2 Å². The third-order valence-corrected chi connectivity index (χ3v) is 3.62. The number of hydrogen-bond donors (Lipinski definition) is 2. The van der Waals surface area contributed by atoms with Gasteiger partial charge in [-0.3, -0.25) is 14.6 Å². The number of pyridine rings is 1. The van der Waals surface area contributed by atoms with Gasteiger partial charge in [-0.25, -0.2) is 0 Å². The van der Waals surface area contributed by atoms with Gasteiger partial charge in [-0.2, -0.15) is 0 Å². The van der Waals surface area contributed by atoms with E-state index in [0.717, 1.165) is 11.3 Å². The van der Waals surface area contributed by atoms with Crippen LogP contribution in [-0.2, 0) is 6.42 Å². The maximum Gasteiger partial charge on any atom is 0.270 e. The van der Waals surface area contributed by atoms with Crippen LogP contribution in [-0.4, -0.2) is 36.0 Å². The quantitative estimate of drug-likeness (QED) is 0.835. The molecule has 2 N–H and O–H groups in total. The van der Waals surface area contributed by atoms with E-state index in [1.54, 1.807) is 13.2 Å². The molecule has 0 saturated heterocycles. The molecule has 138 valence electrons. The molecule has 0 aliphatic heterocycles. The number of benzene rings is 1. The number of amides is 2. The molecule has 2 amide bonds. The second-order valence-corrected chi connectivity index (χ2v) is 6.95. The van der Waals surface area contributed by atoms with Gasteiger partial charge in [-0.15, -0.1) is 0 Å². The lowest BCUT2D eigenvalue weighted by Crippen LogP contribution is -2.41. The predicted octanol–water partition coefficient (Wildman–Crippen LogP) is 2.59. The molecule has 0 bridgehead atoms. The first kappa shape index (κ1) is 19.4. The van der Waals surface area contributed by atoms with Gasteiger partial charge >= 0.3 is 0 Å². The van der Waals surface area contributed by atoms with E-state index in [1.165, 1.54) is 12.3 Å². The average Bonchev–Trinajstić information content (AvgIpc) is 2.60. The molecular weight excluding hydrogens is 330 g/mol. The molecule has 1 aromatic carbocycles. The fraction of sp³-hybridized carbons (Fsp3) is 0.350. The topological polar surface area (TPSA) is 80.3 Å². The van der Waals surface area contributed by atoms with Crippen LogP contribution in [0, 0.1) is 0 Å². The van der Waals surface area contributed by atoms with Crippen LogP contribution in [0.4, 0.5) is 0 Å². The van der Waals surface area contributed by atoms with Crippen LogP contribution in [0.2, 0.25) is 0 Å². The van der Waals surface area contributed by atoms with Crippen LogP contribution in [0.1, 0.15) is 47.2 Å². The zero-order valence-electron chi connectivity index (χ0n) is 15.6. The summed E-state index contributed by atoms with van der Waals surface area (Å²) in [4.78, 5) is 28.6. The first-order valence-corrected chi connectivity index (χ1v) is 8.49. The molecule has 1 aromatic heterocycles. The molecule has 0 fully saturated rings. The number of ether oxygens (including phenoxy) is 1. The SMILES string of the molecule is COc1ccccc1CCNC(=O)c1ccnc(C(=O)NC(C)(C)C)c1. The van der Waals surface area contributed by atoms with Crippen LogP contribution >= 0.6 is 0 Å². The molecule has 0 unspecified atom stereocenters. The van der Waals surface area contributed by atoms with Crippen molar-refractivity contribution in [2.45, 2.75) is 32.7 Å². The van der Waals surface area contributed by atoms with Crippen molar-refractivity contribution in [3.05, 3.63) is 59.4 Å². The highest BCUT2D eigenvalue weighted by Gasteiger charge is 2.17. The maximum atomic E-state index is 12.3. The lowest BCUT2D eigenvalue weighted by atomic mass is 10.1. The Bertz CT molecular complexity index is 782. The summed E-state index contributed by atoms with van der Waals surface area (Å²) in [5, 5.41) is 5.69. The summed E-state index contributed by atoms with van der Waals surface area (Å²) >= 11 is 0. The molecular formula is C20H25N3O3. The predicted molar refractivity (Wildman–Crippen MR) is 100 cm³/mol. The number of carbonyl (C=O) groups excluding carboxylic acids is 2. The van der Waals surface area contributed by atoms with Crippen LogP contribution in [0.15, 0.2) is 42.6 Å². The van der Waals surface area contributed by atoms with Crippen LogP contribution in [0.25, 0.3) is 0 Å². The maximum absolute atomic E-state index is 12.3. The van der Waals surface area contributed by atoms with Gasteiger partial charge in [0, 0.05) is 23.8 Å². The Hall–Kier alpha value is -2.89. The van der Waals surface area contributed by atoms with Gasteiger partial charge in [0.25, 0.3) is 11.8 Å². The number of rotatable bonds is 6. The zero-order valence-corrected chi connectivity index (χ0v) is 15.6. The number of aromatic nitrogens is 1. The highest BCUT2D eigenvalue weighted by molar-refractivity contribution is 5.98. The Balaban J connectivity index is 1.97. The normalized spacial score (nSPS) is 10.9. The van der Waals surface area contributed by atoms with E-state index >= 15 is 0 Å². The van der Waals surface area contributed by atoms with E-state index in [4.69, 9.17) is 4.74 Å². The number of methoxy groups -OCH3 is 1. The number of carbonyl (C=O) groups is 2. The minimum absolute atomic E-state index is 0.220. The summed E-state index contributed by atoms with van der Waals surface area (Å²) in [5.74, 6) is 0.250. The van der Waals surface area contributed by atoms with E-state index in [1.807, 2.05) is 45.0 Å². The first-order chi connectivity index (χ1) is 12.3. The van der Waals surface area contributed by atoms with Gasteiger partial charge in [0.2, 0.25) is 0 Å². The summed E-state index contributed by atoms with van der Waals surface area (Å²) in [6.07, 6.45) is 2.12. The van der Waals surface area contributed by atoms with Crippen molar-refractivity contribution in [1.82, 2.24) is 15.6 Å². The van der Waals surface area contributed by atoms with Crippen molar-refractivity contribution < 1.29 is 14.3 Å². The zero-order chi connectivity index (χ0) is 19.2. The monoisotopic (exact) mass is 355 g/mol. The van der Waals surface area contributed by atoms with Crippen molar-refractivity contribution in [3.8, 4) is 5.75 Å². The number of nitrogens with one attached hydrogen (secondary N) is 2. The average molecular weight is 355 g/mol. The Morgan fingerprint density at radius 2 is 1.85 bits per heavy atom. The number of nitrogens with zero attached hydrogens (tertiary/aromatic N) is 1. The molecule has 0 spiro atoms. The molecule has 26 heavy (non-hydrogen) atoms. The lowest BCUT2D eigenvalue weighted by molar-refractivity contribution is 0.0914. The van der Waals surface area contributed by atoms with E-state index in [0.29, 0.717) is 18.5 Å². The fourth-order valence-corrected chi connectivity index (χ4v) is 2.42. The van der Waals surface area contributed by atoms with Crippen molar-refractivity contribution in [3.63, 3.8) is 0 Å². The van der Waals surface area contributed by atoms with E-state index in [-0.39, 0.29) is 23.0 Å². The molecule has 0 radical (unpaired) electrons.